The molecule has 0 bridgehead atoms. The second-order valence-corrected chi connectivity index (χ2v) is 7.42. The van der Waals surface area contributed by atoms with Crippen LogP contribution in [0.2, 0.25) is 0 Å². The zero-order valence-electron chi connectivity index (χ0n) is 17.8. The Morgan fingerprint density at radius 3 is 2.17 bits per heavy atom. The standard InChI is InChI=1S/C23H33N5O2/c1-18-9-14-25-20(16-18)21-17-19(10-15-26-21)6-2-3-12-27-22(29)7-4-8-23(30)28-13-5-11-24/h9-10,14-17H,2-8,11-13,24H2,1H3,(H,27,29)(H,28,30). The molecule has 0 spiro atoms. The second kappa shape index (κ2) is 13.4. The van der Waals surface area contributed by atoms with Gasteiger partial charge in [0.1, 0.15) is 0 Å². The lowest BCUT2D eigenvalue weighted by Gasteiger charge is -2.07. The Labute approximate surface area is 178 Å². The molecular weight excluding hydrogens is 378 g/mol. The number of nitrogens with zero attached hydrogens (tertiary/aromatic N) is 2. The van der Waals surface area contributed by atoms with Gasteiger partial charge in [0.2, 0.25) is 11.8 Å². The van der Waals surface area contributed by atoms with Crippen molar-refractivity contribution < 1.29 is 9.59 Å². The summed E-state index contributed by atoms with van der Waals surface area (Å²) in [6, 6.07) is 8.11. The fourth-order valence-corrected chi connectivity index (χ4v) is 3.04. The first-order valence-corrected chi connectivity index (χ1v) is 10.7. The van der Waals surface area contributed by atoms with E-state index in [9.17, 15) is 9.59 Å². The van der Waals surface area contributed by atoms with Gasteiger partial charge >= 0.3 is 0 Å². The molecule has 7 nitrogen and oxygen atoms in total. The highest BCUT2D eigenvalue weighted by Gasteiger charge is 2.05. The van der Waals surface area contributed by atoms with Crippen LogP contribution in [0.1, 0.15) is 49.7 Å². The summed E-state index contributed by atoms with van der Waals surface area (Å²) in [6.07, 6.45) is 8.53. The van der Waals surface area contributed by atoms with E-state index in [1.165, 1.54) is 5.56 Å². The van der Waals surface area contributed by atoms with Gasteiger partial charge in [-0.05, 0) is 81.0 Å². The fraction of sp³-hybridized carbons (Fsp3) is 0.478. The summed E-state index contributed by atoms with van der Waals surface area (Å²) in [5.74, 6) is -0.0182. The lowest BCUT2D eigenvalue weighted by molar-refractivity contribution is -0.122. The molecule has 0 saturated carbocycles. The topological polar surface area (TPSA) is 110 Å². The van der Waals surface area contributed by atoms with E-state index in [0.29, 0.717) is 38.9 Å². The first-order valence-electron chi connectivity index (χ1n) is 10.7. The van der Waals surface area contributed by atoms with Crippen LogP contribution in [0.4, 0.5) is 0 Å². The van der Waals surface area contributed by atoms with Crippen LogP contribution in [0, 0.1) is 6.92 Å². The number of unbranched alkanes of at least 4 members (excludes halogenated alkanes) is 1. The number of hydrogen-bond acceptors (Lipinski definition) is 5. The van der Waals surface area contributed by atoms with Crippen LogP contribution in [0.5, 0.6) is 0 Å². The fourth-order valence-electron chi connectivity index (χ4n) is 3.04. The molecule has 0 aliphatic heterocycles. The molecule has 2 aromatic rings. The van der Waals surface area contributed by atoms with Crippen LogP contribution < -0.4 is 16.4 Å². The molecule has 0 aliphatic rings. The van der Waals surface area contributed by atoms with Crippen LogP contribution in [-0.2, 0) is 16.0 Å². The lowest BCUT2D eigenvalue weighted by atomic mass is 10.1. The number of hydrogen-bond donors (Lipinski definition) is 3. The largest absolute Gasteiger partial charge is 0.356 e. The predicted octanol–water partition coefficient (Wildman–Crippen LogP) is 2.53. The first-order chi connectivity index (χ1) is 14.6. The van der Waals surface area contributed by atoms with Crippen molar-refractivity contribution in [2.45, 2.75) is 51.9 Å². The Morgan fingerprint density at radius 1 is 0.867 bits per heavy atom. The zero-order valence-corrected chi connectivity index (χ0v) is 17.8. The molecule has 0 fully saturated rings. The molecule has 0 aromatic carbocycles. The van der Waals surface area contributed by atoms with Crippen LogP contribution in [0.15, 0.2) is 36.7 Å². The van der Waals surface area contributed by atoms with E-state index in [4.69, 9.17) is 5.73 Å². The first kappa shape index (κ1) is 23.5. The van der Waals surface area contributed by atoms with Crippen molar-refractivity contribution in [2.75, 3.05) is 19.6 Å². The van der Waals surface area contributed by atoms with Crippen molar-refractivity contribution in [3.05, 3.63) is 47.8 Å². The van der Waals surface area contributed by atoms with E-state index >= 15 is 0 Å². The number of aryl methyl sites for hydroxylation is 2. The zero-order chi connectivity index (χ0) is 21.6. The third kappa shape index (κ3) is 9.13. The van der Waals surface area contributed by atoms with Gasteiger partial charge in [-0.3, -0.25) is 19.6 Å². The maximum Gasteiger partial charge on any atom is 0.220 e. The number of pyridine rings is 2. The van der Waals surface area contributed by atoms with Crippen LogP contribution in [-0.4, -0.2) is 41.4 Å². The molecule has 2 amide bonds. The number of carbonyl (C=O) groups is 2. The molecule has 0 saturated heterocycles. The van der Waals surface area contributed by atoms with Crippen molar-refractivity contribution in [3.63, 3.8) is 0 Å². The minimum Gasteiger partial charge on any atom is -0.356 e. The monoisotopic (exact) mass is 411 g/mol. The SMILES string of the molecule is Cc1ccnc(-c2cc(CCCCNC(=O)CCCC(=O)NCCCN)ccn2)c1. The van der Waals surface area contributed by atoms with Gasteiger partial charge in [0.15, 0.2) is 0 Å². The quantitative estimate of drug-likeness (QED) is 0.439. The van der Waals surface area contributed by atoms with E-state index in [1.807, 2.05) is 31.3 Å². The number of nitrogens with one attached hydrogen (secondary N) is 2. The Bertz CT molecular complexity index is 810. The molecule has 0 atom stereocenters. The van der Waals surface area contributed by atoms with Gasteiger partial charge in [-0.1, -0.05) is 0 Å². The van der Waals surface area contributed by atoms with Gasteiger partial charge in [-0.25, -0.2) is 0 Å². The molecule has 162 valence electrons. The van der Waals surface area contributed by atoms with E-state index < -0.39 is 0 Å². The lowest BCUT2D eigenvalue weighted by Crippen LogP contribution is -2.27. The van der Waals surface area contributed by atoms with Gasteiger partial charge in [0.05, 0.1) is 11.4 Å². The minimum atomic E-state index is -0.0196. The van der Waals surface area contributed by atoms with Gasteiger partial charge in [-0.2, -0.15) is 0 Å². The molecule has 0 aliphatic carbocycles. The van der Waals surface area contributed by atoms with Gasteiger partial charge < -0.3 is 16.4 Å². The van der Waals surface area contributed by atoms with Gasteiger partial charge in [0.25, 0.3) is 0 Å². The molecule has 2 heterocycles. The maximum absolute atomic E-state index is 11.9. The summed E-state index contributed by atoms with van der Waals surface area (Å²) in [5, 5.41) is 5.72. The maximum atomic E-state index is 11.9. The summed E-state index contributed by atoms with van der Waals surface area (Å²) in [5.41, 5.74) is 9.53. The Balaban J connectivity index is 1.60. The van der Waals surface area contributed by atoms with Crippen LogP contribution in [0.3, 0.4) is 0 Å². The normalized spacial score (nSPS) is 10.6. The Kier molecular flexibility index (Phi) is 10.5. The van der Waals surface area contributed by atoms with Crippen molar-refractivity contribution >= 4 is 11.8 Å². The third-order valence-corrected chi connectivity index (χ3v) is 4.73. The van der Waals surface area contributed by atoms with E-state index in [-0.39, 0.29) is 11.8 Å². The van der Waals surface area contributed by atoms with Gasteiger partial charge in [-0.15, -0.1) is 0 Å². The van der Waals surface area contributed by atoms with E-state index in [0.717, 1.165) is 42.6 Å². The Morgan fingerprint density at radius 2 is 1.50 bits per heavy atom. The number of amides is 2. The molecule has 2 aromatic heterocycles. The number of nitrogens with two attached hydrogens (primary N) is 1. The molecule has 2 rings (SSSR count). The van der Waals surface area contributed by atoms with Crippen molar-refractivity contribution in [3.8, 4) is 11.4 Å². The van der Waals surface area contributed by atoms with E-state index in [2.05, 4.69) is 26.7 Å². The van der Waals surface area contributed by atoms with Crippen LogP contribution in [0.25, 0.3) is 11.4 Å². The second-order valence-electron chi connectivity index (χ2n) is 7.42. The number of carbonyl (C=O) groups excluding carboxylic acids is 2. The predicted molar refractivity (Wildman–Crippen MR) is 119 cm³/mol. The summed E-state index contributed by atoms with van der Waals surface area (Å²) in [4.78, 5) is 32.3. The molecule has 30 heavy (non-hydrogen) atoms. The average Bonchev–Trinajstić information content (AvgIpc) is 2.74. The summed E-state index contributed by atoms with van der Waals surface area (Å²) in [6.45, 7) is 3.86. The summed E-state index contributed by atoms with van der Waals surface area (Å²) < 4.78 is 0. The third-order valence-electron chi connectivity index (χ3n) is 4.73. The smallest absolute Gasteiger partial charge is 0.220 e. The molecule has 4 N–H and O–H groups in total. The highest BCUT2D eigenvalue weighted by Crippen LogP contribution is 2.17. The Hall–Kier alpha value is -2.80. The highest BCUT2D eigenvalue weighted by atomic mass is 16.2. The highest BCUT2D eigenvalue weighted by molar-refractivity contribution is 5.78. The van der Waals surface area contributed by atoms with Crippen molar-refractivity contribution in [1.29, 1.82) is 0 Å². The minimum absolute atomic E-state index is 0.00137. The molecule has 7 heteroatoms. The van der Waals surface area contributed by atoms with Gasteiger partial charge in [0, 0.05) is 38.3 Å². The average molecular weight is 412 g/mol. The number of aromatic nitrogens is 2. The number of rotatable bonds is 13. The van der Waals surface area contributed by atoms with Crippen molar-refractivity contribution in [1.82, 2.24) is 20.6 Å². The molecular formula is C23H33N5O2. The summed E-state index contributed by atoms with van der Waals surface area (Å²) >= 11 is 0. The summed E-state index contributed by atoms with van der Waals surface area (Å²) in [7, 11) is 0. The van der Waals surface area contributed by atoms with Crippen LogP contribution >= 0.6 is 0 Å². The van der Waals surface area contributed by atoms with E-state index in [1.54, 1.807) is 6.20 Å². The van der Waals surface area contributed by atoms with Crippen molar-refractivity contribution in [2.24, 2.45) is 5.73 Å². The molecule has 0 unspecified atom stereocenters. The molecule has 0 radical (unpaired) electrons.